The molecule has 0 bridgehead atoms. The Labute approximate surface area is 174 Å². The number of hydrogen-bond acceptors (Lipinski definition) is 4. The minimum Gasteiger partial charge on any atom is -0.496 e. The Balaban J connectivity index is 1.74. The molecule has 0 fully saturated rings. The van der Waals surface area contributed by atoms with Crippen molar-refractivity contribution in [3.05, 3.63) is 66.0 Å². The van der Waals surface area contributed by atoms with Crippen LogP contribution in [0.2, 0.25) is 0 Å². The van der Waals surface area contributed by atoms with Gasteiger partial charge in [-0.2, -0.15) is 0 Å². The molecule has 3 heterocycles. The zero-order valence-corrected chi connectivity index (χ0v) is 17.0. The molecule has 0 radical (unpaired) electrons. The number of amides is 1. The van der Waals surface area contributed by atoms with Gasteiger partial charge in [0, 0.05) is 54.3 Å². The van der Waals surface area contributed by atoms with Gasteiger partial charge in [-0.05, 0) is 23.8 Å². The molecule has 6 nitrogen and oxygen atoms in total. The van der Waals surface area contributed by atoms with Crippen molar-refractivity contribution in [3.63, 3.8) is 0 Å². The lowest BCUT2D eigenvalue weighted by Crippen LogP contribution is -2.21. The molecular formula is C24H21N3O3. The van der Waals surface area contributed by atoms with Crippen molar-refractivity contribution in [1.29, 1.82) is 0 Å². The van der Waals surface area contributed by atoms with E-state index in [1.165, 1.54) is 0 Å². The molecule has 1 N–H and O–H groups in total. The second-order valence-electron chi connectivity index (χ2n) is 7.49. The van der Waals surface area contributed by atoms with E-state index in [-0.39, 0.29) is 5.91 Å². The summed E-state index contributed by atoms with van der Waals surface area (Å²) in [5.41, 5.74) is 6.18. The van der Waals surface area contributed by atoms with Gasteiger partial charge in [0.1, 0.15) is 23.8 Å². The summed E-state index contributed by atoms with van der Waals surface area (Å²) in [6.07, 6.45) is 3.75. The van der Waals surface area contributed by atoms with Crippen molar-refractivity contribution in [1.82, 2.24) is 14.9 Å². The number of benzene rings is 2. The van der Waals surface area contributed by atoms with Gasteiger partial charge in [0.25, 0.3) is 5.91 Å². The standard InChI is InChI=1S/C24H21N3O3/c1-27(2)24(28)15-7-4-6-14(10-15)17-11-25-23-21-18(12-26-23)20-16(13-30-22(17)21)8-5-9-19(20)29-3/h4-12H,13H2,1-3H3,(H,25,26). The molecule has 0 aliphatic carbocycles. The predicted octanol–water partition coefficient (Wildman–Crippen LogP) is 4.50. The van der Waals surface area contributed by atoms with Crippen LogP contribution in [0.5, 0.6) is 11.5 Å². The maximum atomic E-state index is 12.5. The van der Waals surface area contributed by atoms with Crippen LogP contribution in [0.1, 0.15) is 15.9 Å². The Kier molecular flexibility index (Phi) is 4.20. The smallest absolute Gasteiger partial charge is 0.253 e. The Morgan fingerprint density at radius 3 is 2.80 bits per heavy atom. The summed E-state index contributed by atoms with van der Waals surface area (Å²) in [4.78, 5) is 21.9. The fourth-order valence-electron chi connectivity index (χ4n) is 4.02. The number of aromatic amines is 1. The molecule has 0 saturated carbocycles. The van der Waals surface area contributed by atoms with Gasteiger partial charge >= 0.3 is 0 Å². The summed E-state index contributed by atoms with van der Waals surface area (Å²) in [6.45, 7) is 0.420. The number of carbonyl (C=O) groups is 1. The number of rotatable bonds is 3. The zero-order valence-electron chi connectivity index (χ0n) is 17.0. The molecule has 0 unspecified atom stereocenters. The van der Waals surface area contributed by atoms with Crippen LogP contribution in [0.15, 0.2) is 54.9 Å². The first-order chi connectivity index (χ1) is 14.6. The molecule has 0 saturated heterocycles. The van der Waals surface area contributed by atoms with Crippen molar-refractivity contribution in [2.45, 2.75) is 6.61 Å². The SMILES string of the molecule is COc1cccc2c1-c1c[nH]c3ncc(-c4cccc(C(=O)N(C)C)c4)c(c13)OC2. The van der Waals surface area contributed by atoms with Gasteiger partial charge < -0.3 is 19.4 Å². The number of ether oxygens (including phenoxy) is 2. The number of nitrogens with one attached hydrogen (secondary N) is 1. The lowest BCUT2D eigenvalue weighted by Gasteiger charge is -2.14. The lowest BCUT2D eigenvalue weighted by molar-refractivity contribution is 0.0827. The maximum Gasteiger partial charge on any atom is 0.253 e. The van der Waals surface area contributed by atoms with Crippen LogP contribution in [0, 0.1) is 0 Å². The highest BCUT2D eigenvalue weighted by Gasteiger charge is 2.25. The van der Waals surface area contributed by atoms with Crippen molar-refractivity contribution in [3.8, 4) is 33.8 Å². The number of nitrogens with zero attached hydrogens (tertiary/aromatic N) is 2. The van der Waals surface area contributed by atoms with E-state index in [9.17, 15) is 4.79 Å². The van der Waals surface area contributed by atoms with Crippen molar-refractivity contribution in [2.75, 3.05) is 21.2 Å². The molecule has 1 aliphatic heterocycles. The first kappa shape index (κ1) is 18.2. The average Bonchev–Trinajstić information content (AvgIpc) is 3.12. The van der Waals surface area contributed by atoms with E-state index in [0.29, 0.717) is 12.2 Å². The van der Waals surface area contributed by atoms with Gasteiger partial charge in [0.15, 0.2) is 0 Å². The normalized spacial score (nSPS) is 12.1. The summed E-state index contributed by atoms with van der Waals surface area (Å²) in [7, 11) is 5.17. The number of carbonyl (C=O) groups excluding carboxylic acids is 1. The van der Waals surface area contributed by atoms with Crippen LogP contribution >= 0.6 is 0 Å². The second-order valence-corrected chi connectivity index (χ2v) is 7.49. The Morgan fingerprint density at radius 2 is 2.00 bits per heavy atom. The predicted molar refractivity (Wildman–Crippen MR) is 116 cm³/mol. The van der Waals surface area contributed by atoms with E-state index in [2.05, 4.69) is 9.97 Å². The van der Waals surface area contributed by atoms with Gasteiger partial charge in [-0.15, -0.1) is 0 Å². The molecule has 6 heteroatoms. The summed E-state index contributed by atoms with van der Waals surface area (Å²) in [5.74, 6) is 1.51. The van der Waals surface area contributed by atoms with Crippen LogP contribution in [-0.4, -0.2) is 42.0 Å². The minimum atomic E-state index is -0.0443. The Hall–Kier alpha value is -3.80. The second kappa shape index (κ2) is 6.91. The number of hydrogen-bond donors (Lipinski definition) is 1. The van der Waals surface area contributed by atoms with Crippen LogP contribution < -0.4 is 9.47 Å². The topological polar surface area (TPSA) is 67.5 Å². The zero-order chi connectivity index (χ0) is 20.8. The van der Waals surface area contributed by atoms with Crippen LogP contribution in [0.25, 0.3) is 33.3 Å². The summed E-state index contributed by atoms with van der Waals surface area (Å²) >= 11 is 0. The molecule has 4 aromatic rings. The van der Waals surface area contributed by atoms with E-state index in [0.717, 1.165) is 50.3 Å². The number of aromatic nitrogens is 2. The molecule has 150 valence electrons. The number of fused-ring (bicyclic) bond motifs is 2. The first-order valence-corrected chi connectivity index (χ1v) is 9.69. The summed E-state index contributed by atoms with van der Waals surface area (Å²) in [5, 5.41) is 0.917. The van der Waals surface area contributed by atoms with Crippen molar-refractivity contribution < 1.29 is 14.3 Å². The third-order valence-corrected chi connectivity index (χ3v) is 5.45. The van der Waals surface area contributed by atoms with E-state index >= 15 is 0 Å². The Bertz CT molecular complexity index is 1280. The highest BCUT2D eigenvalue weighted by Crippen LogP contribution is 2.47. The third kappa shape index (κ3) is 2.72. The fraction of sp³-hybridized carbons (Fsp3) is 0.167. The first-order valence-electron chi connectivity index (χ1n) is 9.69. The molecule has 0 spiro atoms. The number of H-pyrrole nitrogens is 1. The molecule has 5 rings (SSSR count). The molecule has 2 aromatic heterocycles. The monoisotopic (exact) mass is 399 g/mol. The van der Waals surface area contributed by atoms with Crippen molar-refractivity contribution in [2.24, 2.45) is 0 Å². The molecular weight excluding hydrogens is 378 g/mol. The van der Waals surface area contributed by atoms with Gasteiger partial charge in [-0.25, -0.2) is 4.98 Å². The third-order valence-electron chi connectivity index (χ3n) is 5.45. The van der Waals surface area contributed by atoms with E-state index < -0.39 is 0 Å². The lowest BCUT2D eigenvalue weighted by atomic mass is 9.97. The van der Waals surface area contributed by atoms with Gasteiger partial charge in [0.2, 0.25) is 0 Å². The van der Waals surface area contributed by atoms with Gasteiger partial charge in [-0.3, -0.25) is 4.79 Å². The molecule has 1 aliphatic rings. The van der Waals surface area contributed by atoms with E-state index in [1.54, 1.807) is 32.3 Å². The van der Waals surface area contributed by atoms with Gasteiger partial charge in [-0.1, -0.05) is 24.3 Å². The van der Waals surface area contributed by atoms with Crippen molar-refractivity contribution >= 4 is 16.9 Å². The Morgan fingerprint density at radius 1 is 1.17 bits per heavy atom. The molecule has 0 atom stereocenters. The minimum absolute atomic E-state index is 0.0443. The number of pyridine rings is 1. The quantitative estimate of drug-likeness (QED) is 0.551. The van der Waals surface area contributed by atoms with E-state index in [1.807, 2.05) is 48.7 Å². The highest BCUT2D eigenvalue weighted by atomic mass is 16.5. The van der Waals surface area contributed by atoms with Crippen LogP contribution in [0.4, 0.5) is 0 Å². The summed E-state index contributed by atoms with van der Waals surface area (Å²) in [6, 6.07) is 13.5. The molecule has 2 aromatic carbocycles. The molecule has 1 amide bonds. The van der Waals surface area contributed by atoms with E-state index in [4.69, 9.17) is 9.47 Å². The number of methoxy groups -OCH3 is 1. The largest absolute Gasteiger partial charge is 0.496 e. The molecule has 30 heavy (non-hydrogen) atoms. The average molecular weight is 399 g/mol. The van der Waals surface area contributed by atoms with Crippen LogP contribution in [-0.2, 0) is 6.61 Å². The maximum absolute atomic E-state index is 12.5. The fourth-order valence-corrected chi connectivity index (χ4v) is 4.02. The van der Waals surface area contributed by atoms with Gasteiger partial charge in [0.05, 0.1) is 12.5 Å². The summed E-state index contributed by atoms with van der Waals surface area (Å²) < 4.78 is 12.0. The van der Waals surface area contributed by atoms with Crippen LogP contribution in [0.3, 0.4) is 0 Å². The highest BCUT2D eigenvalue weighted by molar-refractivity contribution is 6.04.